The summed E-state index contributed by atoms with van der Waals surface area (Å²) in [6, 6.07) is 6.26. The summed E-state index contributed by atoms with van der Waals surface area (Å²) in [5.41, 5.74) is 7.99. The lowest BCUT2D eigenvalue weighted by Crippen LogP contribution is -1.90. The standard InChI is InChI=1S/C9H13NS.2C2H6/c1-3-7-4-5-9(11-2)8(10)6-7;2*1-2/h4-6H,3,10H2,1-2H3;2*1-2H3. The first kappa shape index (κ1) is 16.8. The van der Waals surface area contributed by atoms with Gasteiger partial charge in [-0.1, -0.05) is 40.7 Å². The maximum atomic E-state index is 5.79. The van der Waals surface area contributed by atoms with Gasteiger partial charge in [-0.3, -0.25) is 0 Å². The van der Waals surface area contributed by atoms with Crippen LogP contribution >= 0.6 is 11.8 Å². The topological polar surface area (TPSA) is 26.0 Å². The Morgan fingerprint density at radius 1 is 1.13 bits per heavy atom. The van der Waals surface area contributed by atoms with Gasteiger partial charge in [0, 0.05) is 10.6 Å². The quantitative estimate of drug-likeness (QED) is 0.590. The summed E-state index contributed by atoms with van der Waals surface area (Å²) in [5.74, 6) is 0. The molecule has 0 radical (unpaired) electrons. The maximum absolute atomic E-state index is 5.79. The van der Waals surface area contributed by atoms with E-state index in [2.05, 4.69) is 19.1 Å². The second kappa shape index (κ2) is 11.4. The fourth-order valence-corrected chi connectivity index (χ4v) is 1.50. The lowest BCUT2D eigenvalue weighted by molar-refractivity contribution is 1.13. The summed E-state index contributed by atoms with van der Waals surface area (Å²) in [6.45, 7) is 10.1. The van der Waals surface area contributed by atoms with E-state index in [1.54, 1.807) is 11.8 Å². The van der Waals surface area contributed by atoms with E-state index in [1.807, 2.05) is 40.0 Å². The third-order valence-corrected chi connectivity index (χ3v) is 2.51. The molecule has 1 aromatic rings. The molecule has 0 saturated heterocycles. The van der Waals surface area contributed by atoms with Crippen LogP contribution < -0.4 is 5.73 Å². The fourth-order valence-electron chi connectivity index (χ4n) is 1.00. The molecule has 0 bridgehead atoms. The summed E-state index contributed by atoms with van der Waals surface area (Å²) in [5, 5.41) is 0. The third kappa shape index (κ3) is 6.45. The molecular weight excluding hydrogens is 202 g/mol. The Balaban J connectivity index is 0. The van der Waals surface area contributed by atoms with Crippen LogP contribution in [0.3, 0.4) is 0 Å². The number of hydrogen-bond donors (Lipinski definition) is 1. The van der Waals surface area contributed by atoms with E-state index >= 15 is 0 Å². The molecule has 0 atom stereocenters. The maximum Gasteiger partial charge on any atom is 0.0454 e. The Morgan fingerprint density at radius 2 is 1.67 bits per heavy atom. The number of nitrogens with two attached hydrogens (primary N) is 1. The first-order chi connectivity index (χ1) is 7.27. The zero-order valence-electron chi connectivity index (χ0n) is 10.9. The molecule has 15 heavy (non-hydrogen) atoms. The van der Waals surface area contributed by atoms with Crippen molar-refractivity contribution in [2.24, 2.45) is 0 Å². The molecule has 1 nitrogen and oxygen atoms in total. The van der Waals surface area contributed by atoms with Crippen molar-refractivity contribution < 1.29 is 0 Å². The van der Waals surface area contributed by atoms with E-state index in [0.29, 0.717) is 0 Å². The molecule has 0 amide bonds. The normalized spacial score (nSPS) is 8.13. The van der Waals surface area contributed by atoms with Crippen LogP contribution in [0.25, 0.3) is 0 Å². The molecular formula is C13H25NS. The number of anilines is 1. The van der Waals surface area contributed by atoms with Crippen LogP contribution in [0.5, 0.6) is 0 Å². The van der Waals surface area contributed by atoms with Crippen LogP contribution in [0, 0.1) is 0 Å². The van der Waals surface area contributed by atoms with E-state index in [0.717, 1.165) is 12.1 Å². The monoisotopic (exact) mass is 227 g/mol. The predicted octanol–water partition coefficient (Wildman–Crippen LogP) is 4.61. The number of hydrogen-bond acceptors (Lipinski definition) is 2. The van der Waals surface area contributed by atoms with Crippen molar-refractivity contribution in [1.82, 2.24) is 0 Å². The minimum absolute atomic E-state index is 0.900. The molecule has 2 heteroatoms. The molecule has 88 valence electrons. The molecule has 0 aliphatic carbocycles. The van der Waals surface area contributed by atoms with Gasteiger partial charge in [-0.15, -0.1) is 11.8 Å². The van der Waals surface area contributed by atoms with Gasteiger partial charge in [-0.25, -0.2) is 0 Å². The van der Waals surface area contributed by atoms with Crippen molar-refractivity contribution in [3.8, 4) is 0 Å². The Hall–Kier alpha value is -0.630. The number of nitrogen functional groups attached to an aromatic ring is 1. The first-order valence-electron chi connectivity index (χ1n) is 5.70. The Morgan fingerprint density at radius 3 is 2.00 bits per heavy atom. The van der Waals surface area contributed by atoms with Crippen LogP contribution in [0.4, 0.5) is 5.69 Å². The van der Waals surface area contributed by atoms with Gasteiger partial charge >= 0.3 is 0 Å². The molecule has 0 saturated carbocycles. The average Bonchev–Trinajstić information content (AvgIpc) is 2.34. The van der Waals surface area contributed by atoms with E-state index < -0.39 is 0 Å². The lowest BCUT2D eigenvalue weighted by atomic mass is 10.1. The average molecular weight is 227 g/mol. The Labute approximate surface area is 99.5 Å². The molecule has 0 unspecified atom stereocenters. The highest BCUT2D eigenvalue weighted by Crippen LogP contribution is 2.23. The minimum Gasteiger partial charge on any atom is -0.398 e. The summed E-state index contributed by atoms with van der Waals surface area (Å²) >= 11 is 1.69. The van der Waals surface area contributed by atoms with Crippen molar-refractivity contribution in [3.05, 3.63) is 23.8 Å². The molecule has 0 spiro atoms. The molecule has 2 N–H and O–H groups in total. The molecule has 0 fully saturated rings. The second-order valence-corrected chi connectivity index (χ2v) is 3.28. The van der Waals surface area contributed by atoms with Crippen molar-refractivity contribution in [2.75, 3.05) is 12.0 Å². The summed E-state index contributed by atoms with van der Waals surface area (Å²) in [6.07, 6.45) is 3.09. The highest BCUT2D eigenvalue weighted by molar-refractivity contribution is 7.98. The van der Waals surface area contributed by atoms with Crippen molar-refractivity contribution >= 4 is 17.4 Å². The van der Waals surface area contributed by atoms with Gasteiger partial charge in [0.2, 0.25) is 0 Å². The van der Waals surface area contributed by atoms with E-state index in [4.69, 9.17) is 5.73 Å². The van der Waals surface area contributed by atoms with Crippen molar-refractivity contribution in [1.29, 1.82) is 0 Å². The summed E-state index contributed by atoms with van der Waals surface area (Å²) < 4.78 is 0. The van der Waals surface area contributed by atoms with Crippen molar-refractivity contribution in [3.63, 3.8) is 0 Å². The highest BCUT2D eigenvalue weighted by Gasteiger charge is 1.96. The number of rotatable bonds is 2. The number of benzene rings is 1. The van der Waals surface area contributed by atoms with Gasteiger partial charge in [0.1, 0.15) is 0 Å². The minimum atomic E-state index is 0.900. The van der Waals surface area contributed by atoms with Crippen LogP contribution in [0.15, 0.2) is 23.1 Å². The van der Waals surface area contributed by atoms with Gasteiger partial charge in [0.15, 0.2) is 0 Å². The smallest absolute Gasteiger partial charge is 0.0454 e. The highest BCUT2D eigenvalue weighted by atomic mass is 32.2. The zero-order chi connectivity index (χ0) is 12.3. The summed E-state index contributed by atoms with van der Waals surface area (Å²) in [7, 11) is 0. The molecule has 0 aliphatic rings. The molecule has 0 heterocycles. The SMILES string of the molecule is CC.CC.CCc1ccc(SC)c(N)c1. The number of aryl methyl sites for hydroxylation is 1. The van der Waals surface area contributed by atoms with Crippen LogP contribution in [-0.2, 0) is 6.42 Å². The largest absolute Gasteiger partial charge is 0.398 e. The fraction of sp³-hybridized carbons (Fsp3) is 0.538. The van der Waals surface area contributed by atoms with Gasteiger partial charge < -0.3 is 5.73 Å². The Kier molecular flexibility index (Phi) is 12.8. The number of thioether (sulfide) groups is 1. The van der Waals surface area contributed by atoms with E-state index in [9.17, 15) is 0 Å². The van der Waals surface area contributed by atoms with Crippen LogP contribution in [0.2, 0.25) is 0 Å². The zero-order valence-corrected chi connectivity index (χ0v) is 11.7. The van der Waals surface area contributed by atoms with Crippen LogP contribution in [-0.4, -0.2) is 6.26 Å². The van der Waals surface area contributed by atoms with Crippen molar-refractivity contribution in [2.45, 2.75) is 45.9 Å². The van der Waals surface area contributed by atoms with Crippen LogP contribution in [0.1, 0.15) is 40.2 Å². The Bertz CT molecular complexity index is 246. The molecule has 0 aromatic heterocycles. The van der Waals surface area contributed by atoms with Gasteiger partial charge in [0.05, 0.1) is 0 Å². The summed E-state index contributed by atoms with van der Waals surface area (Å²) in [4.78, 5) is 1.17. The second-order valence-electron chi connectivity index (χ2n) is 2.43. The molecule has 1 rings (SSSR count). The third-order valence-electron chi connectivity index (χ3n) is 1.70. The van der Waals surface area contributed by atoms with E-state index in [-0.39, 0.29) is 0 Å². The molecule has 0 aliphatic heterocycles. The first-order valence-corrected chi connectivity index (χ1v) is 6.92. The van der Waals surface area contributed by atoms with Gasteiger partial charge in [0.25, 0.3) is 0 Å². The van der Waals surface area contributed by atoms with Gasteiger partial charge in [-0.2, -0.15) is 0 Å². The molecule has 1 aromatic carbocycles. The predicted molar refractivity (Wildman–Crippen MR) is 74.7 cm³/mol. The van der Waals surface area contributed by atoms with E-state index in [1.165, 1.54) is 10.5 Å². The van der Waals surface area contributed by atoms with Gasteiger partial charge in [-0.05, 0) is 30.4 Å². The lowest BCUT2D eigenvalue weighted by Gasteiger charge is -2.03.